The lowest BCUT2D eigenvalue weighted by molar-refractivity contribution is 0.0820. The van der Waals surface area contributed by atoms with Crippen LogP contribution in [0.15, 0.2) is 48.5 Å². The minimum atomic E-state index is -0.203. The van der Waals surface area contributed by atoms with Gasteiger partial charge in [0.1, 0.15) is 5.75 Å². The molecule has 0 bridgehead atoms. The lowest BCUT2D eigenvalue weighted by Gasteiger charge is -2.26. The number of nitrogens with zero attached hydrogens (tertiary/aromatic N) is 5. The Hall–Kier alpha value is -3.72. The number of amides is 2. The topological polar surface area (TPSA) is 93.9 Å². The van der Waals surface area contributed by atoms with Crippen molar-refractivity contribution in [1.29, 1.82) is 0 Å². The van der Waals surface area contributed by atoms with E-state index in [0.29, 0.717) is 24.4 Å². The van der Waals surface area contributed by atoms with Crippen LogP contribution in [-0.4, -0.2) is 57.3 Å². The number of rotatable bonds is 6. The number of urea groups is 1. The molecule has 0 unspecified atom stereocenters. The van der Waals surface area contributed by atoms with Gasteiger partial charge in [-0.3, -0.25) is 0 Å². The SMILES string of the molecule is COc1ccc(NC(=O)N(Cc2cc3cc(C)ccc3n3nnnc23)C[C@H]2CCCO2)cc1. The van der Waals surface area contributed by atoms with E-state index in [2.05, 4.69) is 39.9 Å². The molecule has 1 fully saturated rings. The van der Waals surface area contributed by atoms with Gasteiger partial charge in [-0.05, 0) is 72.7 Å². The van der Waals surface area contributed by atoms with Gasteiger partial charge in [0.25, 0.3) is 0 Å². The minimum Gasteiger partial charge on any atom is -0.497 e. The molecule has 3 heterocycles. The highest BCUT2D eigenvalue weighted by atomic mass is 16.5. The first-order chi connectivity index (χ1) is 16.1. The molecule has 4 aromatic rings. The van der Waals surface area contributed by atoms with Crippen LogP contribution in [-0.2, 0) is 11.3 Å². The maximum atomic E-state index is 13.3. The fourth-order valence-corrected chi connectivity index (χ4v) is 4.24. The van der Waals surface area contributed by atoms with E-state index in [0.717, 1.165) is 47.2 Å². The van der Waals surface area contributed by atoms with Gasteiger partial charge in [0.05, 0.1) is 25.3 Å². The number of benzene rings is 2. The molecule has 1 N–H and O–H groups in total. The average molecular weight is 447 g/mol. The first-order valence-electron chi connectivity index (χ1n) is 11.0. The summed E-state index contributed by atoms with van der Waals surface area (Å²) >= 11 is 0. The van der Waals surface area contributed by atoms with Crippen molar-refractivity contribution in [1.82, 2.24) is 24.9 Å². The normalized spacial score (nSPS) is 15.8. The van der Waals surface area contributed by atoms with E-state index >= 15 is 0 Å². The van der Waals surface area contributed by atoms with Crippen molar-refractivity contribution in [3.63, 3.8) is 0 Å². The number of tetrazole rings is 1. The van der Waals surface area contributed by atoms with Crippen LogP contribution in [0.1, 0.15) is 24.0 Å². The molecule has 33 heavy (non-hydrogen) atoms. The number of pyridine rings is 1. The number of hydrogen-bond donors (Lipinski definition) is 1. The third-order valence-corrected chi connectivity index (χ3v) is 5.94. The van der Waals surface area contributed by atoms with Gasteiger partial charge in [0.15, 0.2) is 5.65 Å². The summed E-state index contributed by atoms with van der Waals surface area (Å²) in [6.07, 6.45) is 1.96. The molecule has 0 aliphatic carbocycles. The Bertz CT molecular complexity index is 1280. The predicted molar refractivity (Wildman–Crippen MR) is 124 cm³/mol. The van der Waals surface area contributed by atoms with Crippen LogP contribution in [0.2, 0.25) is 0 Å². The fourth-order valence-electron chi connectivity index (χ4n) is 4.24. The second-order valence-electron chi connectivity index (χ2n) is 8.32. The van der Waals surface area contributed by atoms with Crippen LogP contribution in [0.25, 0.3) is 16.6 Å². The molecule has 0 radical (unpaired) electrons. The van der Waals surface area contributed by atoms with Gasteiger partial charge in [-0.1, -0.05) is 11.6 Å². The Balaban J connectivity index is 1.46. The molecular formula is C24H26N6O3. The van der Waals surface area contributed by atoms with Gasteiger partial charge in [0.2, 0.25) is 0 Å². The summed E-state index contributed by atoms with van der Waals surface area (Å²) in [5, 5.41) is 16.3. The van der Waals surface area contributed by atoms with Crippen molar-refractivity contribution >= 4 is 28.3 Å². The number of methoxy groups -OCH3 is 1. The number of carbonyl (C=O) groups is 1. The summed E-state index contributed by atoms with van der Waals surface area (Å²) in [5.41, 5.74) is 4.29. The molecule has 5 rings (SSSR count). The van der Waals surface area contributed by atoms with Gasteiger partial charge >= 0.3 is 6.03 Å². The zero-order valence-corrected chi connectivity index (χ0v) is 18.7. The van der Waals surface area contributed by atoms with Crippen molar-refractivity contribution < 1.29 is 14.3 Å². The van der Waals surface area contributed by atoms with Gasteiger partial charge in [-0.2, -0.15) is 4.52 Å². The largest absolute Gasteiger partial charge is 0.497 e. The third kappa shape index (κ3) is 4.45. The number of anilines is 1. The Morgan fingerprint density at radius 1 is 1.24 bits per heavy atom. The number of ether oxygens (including phenoxy) is 2. The van der Waals surface area contributed by atoms with Crippen LogP contribution in [0.4, 0.5) is 10.5 Å². The maximum absolute atomic E-state index is 13.3. The van der Waals surface area contributed by atoms with Gasteiger partial charge in [-0.15, -0.1) is 5.10 Å². The molecule has 170 valence electrons. The van der Waals surface area contributed by atoms with Crippen LogP contribution in [0.3, 0.4) is 0 Å². The number of aryl methyl sites for hydroxylation is 1. The molecule has 9 heteroatoms. The molecule has 0 saturated carbocycles. The number of hydrogen-bond acceptors (Lipinski definition) is 6. The monoisotopic (exact) mass is 446 g/mol. The molecule has 1 aliphatic rings. The number of nitrogens with one attached hydrogen (secondary N) is 1. The lowest BCUT2D eigenvalue weighted by Crippen LogP contribution is -2.39. The fraction of sp³-hybridized carbons (Fsp3) is 0.333. The predicted octanol–water partition coefficient (Wildman–Crippen LogP) is 3.81. The maximum Gasteiger partial charge on any atom is 0.322 e. The van der Waals surface area contributed by atoms with Gasteiger partial charge in [0, 0.05) is 29.8 Å². The van der Waals surface area contributed by atoms with E-state index in [-0.39, 0.29) is 12.1 Å². The van der Waals surface area contributed by atoms with E-state index in [4.69, 9.17) is 9.47 Å². The molecule has 9 nitrogen and oxygen atoms in total. The molecule has 2 aromatic carbocycles. The molecule has 2 amide bonds. The van der Waals surface area contributed by atoms with Gasteiger partial charge < -0.3 is 19.7 Å². The summed E-state index contributed by atoms with van der Waals surface area (Å²) in [5.74, 6) is 0.734. The Labute approximate surface area is 191 Å². The summed E-state index contributed by atoms with van der Waals surface area (Å²) in [6, 6.07) is 15.3. The molecule has 1 aliphatic heterocycles. The van der Waals surface area contributed by atoms with E-state index in [9.17, 15) is 4.79 Å². The van der Waals surface area contributed by atoms with E-state index in [1.54, 1.807) is 16.5 Å². The van der Waals surface area contributed by atoms with E-state index in [1.165, 1.54) is 0 Å². The van der Waals surface area contributed by atoms with Crippen molar-refractivity contribution in [3.05, 3.63) is 59.7 Å². The van der Waals surface area contributed by atoms with Crippen molar-refractivity contribution in [2.45, 2.75) is 32.4 Å². The van der Waals surface area contributed by atoms with E-state index in [1.807, 2.05) is 36.4 Å². The first-order valence-corrected chi connectivity index (χ1v) is 11.0. The Kier molecular flexibility index (Phi) is 5.78. The highest BCUT2D eigenvalue weighted by Gasteiger charge is 2.24. The highest BCUT2D eigenvalue weighted by Crippen LogP contribution is 2.23. The number of fused-ring (bicyclic) bond motifs is 3. The van der Waals surface area contributed by atoms with Gasteiger partial charge in [-0.25, -0.2) is 4.79 Å². The summed E-state index contributed by atoms with van der Waals surface area (Å²) in [7, 11) is 1.61. The number of carbonyl (C=O) groups excluding carboxylic acids is 1. The number of aromatic nitrogens is 4. The van der Waals surface area contributed by atoms with Crippen molar-refractivity contribution in [3.8, 4) is 5.75 Å². The second-order valence-corrected chi connectivity index (χ2v) is 8.32. The average Bonchev–Trinajstić information content (AvgIpc) is 3.51. The van der Waals surface area contributed by atoms with Crippen LogP contribution >= 0.6 is 0 Å². The zero-order valence-electron chi connectivity index (χ0n) is 18.7. The van der Waals surface area contributed by atoms with Crippen molar-refractivity contribution in [2.75, 3.05) is 25.6 Å². The molecule has 1 saturated heterocycles. The molecule has 1 atom stereocenters. The van der Waals surface area contributed by atoms with E-state index < -0.39 is 0 Å². The Morgan fingerprint density at radius 2 is 2.09 bits per heavy atom. The smallest absolute Gasteiger partial charge is 0.322 e. The molecular weight excluding hydrogens is 420 g/mol. The minimum absolute atomic E-state index is 0.0151. The quantitative estimate of drug-likeness (QED) is 0.484. The molecule has 0 spiro atoms. The summed E-state index contributed by atoms with van der Waals surface area (Å²) in [4.78, 5) is 15.1. The van der Waals surface area contributed by atoms with Crippen LogP contribution in [0, 0.1) is 6.92 Å². The zero-order chi connectivity index (χ0) is 22.8. The highest BCUT2D eigenvalue weighted by molar-refractivity contribution is 5.90. The second kappa shape index (κ2) is 9.03. The van der Waals surface area contributed by atoms with Crippen LogP contribution in [0.5, 0.6) is 5.75 Å². The summed E-state index contributed by atoms with van der Waals surface area (Å²) in [6.45, 7) is 3.62. The Morgan fingerprint density at radius 3 is 2.85 bits per heavy atom. The third-order valence-electron chi connectivity index (χ3n) is 5.94. The lowest BCUT2D eigenvalue weighted by atomic mass is 10.1. The first kappa shape index (κ1) is 21.1. The van der Waals surface area contributed by atoms with Crippen LogP contribution < -0.4 is 10.1 Å². The summed E-state index contributed by atoms with van der Waals surface area (Å²) < 4.78 is 12.8. The molecule has 2 aromatic heterocycles. The standard InChI is InChI=1S/C24H26N6O3/c1-16-5-10-22-17(12-16)13-18(23-26-27-28-30(22)23)14-29(15-21-4-3-11-33-21)24(31)25-19-6-8-20(32-2)9-7-19/h5-10,12-13,21H,3-4,11,14-15H2,1-2H3,(H,25,31)/t21-/m1/s1. The van der Waals surface area contributed by atoms with Crippen molar-refractivity contribution in [2.24, 2.45) is 0 Å².